The molecule has 1 unspecified atom stereocenters. The predicted molar refractivity (Wildman–Crippen MR) is 130 cm³/mol. The van der Waals surface area contributed by atoms with Gasteiger partial charge in [-0.05, 0) is 48.8 Å². The van der Waals surface area contributed by atoms with Gasteiger partial charge in [-0.15, -0.1) is 0 Å². The summed E-state index contributed by atoms with van der Waals surface area (Å²) >= 11 is 1.20. The topological polar surface area (TPSA) is 99.4 Å². The molecule has 2 aliphatic heterocycles. The van der Waals surface area contributed by atoms with Crippen molar-refractivity contribution in [3.05, 3.63) is 58.4 Å². The monoisotopic (exact) mass is 460 g/mol. The van der Waals surface area contributed by atoms with Crippen LogP contribution in [0.3, 0.4) is 0 Å². The van der Waals surface area contributed by atoms with Gasteiger partial charge < -0.3 is 16.0 Å². The highest BCUT2D eigenvalue weighted by molar-refractivity contribution is 8.00. The van der Waals surface area contributed by atoms with E-state index in [4.69, 9.17) is 17.3 Å². The summed E-state index contributed by atoms with van der Waals surface area (Å²) in [7, 11) is 0. The van der Waals surface area contributed by atoms with Gasteiger partial charge in [0, 0.05) is 19.6 Å². The number of carbonyl (C=O) groups is 1. The molecule has 2 aromatic rings. The van der Waals surface area contributed by atoms with Crippen molar-refractivity contribution in [2.24, 2.45) is 11.1 Å². The van der Waals surface area contributed by atoms with Gasteiger partial charge in [-0.25, -0.2) is 9.83 Å². The van der Waals surface area contributed by atoms with Crippen LogP contribution in [-0.4, -0.2) is 37.1 Å². The standard InChI is InChI=1S/C25H28N6OS/c1-3-18-19(15-26)24(33-21(22(27)32)17-7-5-4-6-8-17)30-23(20(18)28-2)31-13-10-25(11-14-31)9-12-29-16-25/h4-8,21,29H,3,9-14,16H2,1H3,(H2,27,32). The second kappa shape index (κ2) is 9.82. The summed E-state index contributed by atoms with van der Waals surface area (Å²) in [5, 5.41) is 13.2. The number of aromatic nitrogens is 1. The number of nitrogens with zero attached hydrogens (tertiary/aromatic N) is 4. The number of piperidine rings is 1. The molecule has 0 radical (unpaired) electrons. The highest BCUT2D eigenvalue weighted by Crippen LogP contribution is 2.45. The Balaban J connectivity index is 1.74. The zero-order valence-corrected chi connectivity index (χ0v) is 19.6. The number of primary amides is 1. The summed E-state index contributed by atoms with van der Waals surface area (Å²) in [6.07, 6.45) is 3.84. The zero-order valence-electron chi connectivity index (χ0n) is 18.8. The number of rotatable bonds is 6. The third-order valence-corrected chi connectivity index (χ3v) is 8.10. The predicted octanol–water partition coefficient (Wildman–Crippen LogP) is 3.97. The van der Waals surface area contributed by atoms with Gasteiger partial charge in [0.1, 0.15) is 22.2 Å². The summed E-state index contributed by atoms with van der Waals surface area (Å²) < 4.78 is 0. The molecule has 1 atom stereocenters. The Labute approximate surface area is 199 Å². The lowest BCUT2D eigenvalue weighted by molar-refractivity contribution is -0.117. The van der Waals surface area contributed by atoms with Crippen molar-refractivity contribution in [1.29, 1.82) is 5.26 Å². The van der Waals surface area contributed by atoms with E-state index in [1.54, 1.807) is 0 Å². The lowest BCUT2D eigenvalue weighted by atomic mass is 9.78. The van der Waals surface area contributed by atoms with Crippen molar-refractivity contribution < 1.29 is 4.79 Å². The molecule has 33 heavy (non-hydrogen) atoms. The first-order valence-corrected chi connectivity index (χ1v) is 12.2. The summed E-state index contributed by atoms with van der Waals surface area (Å²) in [4.78, 5) is 23.2. The third-order valence-electron chi connectivity index (χ3n) is 6.84. The van der Waals surface area contributed by atoms with E-state index < -0.39 is 11.2 Å². The Morgan fingerprint density at radius 3 is 2.64 bits per heavy atom. The fourth-order valence-electron chi connectivity index (χ4n) is 4.92. The van der Waals surface area contributed by atoms with Crippen LogP contribution in [0.25, 0.3) is 4.85 Å². The maximum Gasteiger partial charge on any atom is 0.235 e. The quantitative estimate of drug-likeness (QED) is 0.500. The van der Waals surface area contributed by atoms with Crippen LogP contribution >= 0.6 is 11.8 Å². The number of benzene rings is 1. The number of hydrogen-bond donors (Lipinski definition) is 2. The first-order chi connectivity index (χ1) is 16.0. The number of hydrogen-bond acceptors (Lipinski definition) is 6. The molecule has 170 valence electrons. The van der Waals surface area contributed by atoms with E-state index in [9.17, 15) is 10.1 Å². The smallest absolute Gasteiger partial charge is 0.235 e. The van der Waals surface area contributed by atoms with Gasteiger partial charge in [0.25, 0.3) is 0 Å². The molecule has 8 heteroatoms. The maximum atomic E-state index is 12.3. The van der Waals surface area contributed by atoms with Crippen molar-refractivity contribution in [1.82, 2.24) is 10.3 Å². The Morgan fingerprint density at radius 1 is 1.36 bits per heavy atom. The minimum absolute atomic E-state index is 0.344. The van der Waals surface area contributed by atoms with Gasteiger partial charge in [0.2, 0.25) is 11.6 Å². The van der Waals surface area contributed by atoms with E-state index in [2.05, 4.69) is 21.1 Å². The summed E-state index contributed by atoms with van der Waals surface area (Å²) in [5.74, 6) is 0.139. The van der Waals surface area contributed by atoms with Gasteiger partial charge in [-0.3, -0.25) is 4.79 Å². The van der Waals surface area contributed by atoms with Gasteiger partial charge in [0.05, 0.1) is 12.1 Å². The van der Waals surface area contributed by atoms with E-state index in [0.29, 0.717) is 39.5 Å². The number of nitrogens with one attached hydrogen (secondary N) is 1. The van der Waals surface area contributed by atoms with Crippen LogP contribution in [0.2, 0.25) is 0 Å². The number of nitriles is 1. The number of amides is 1. The Bertz CT molecular complexity index is 1100. The first kappa shape index (κ1) is 23.1. The largest absolute Gasteiger partial charge is 0.368 e. The molecule has 0 saturated carbocycles. The van der Waals surface area contributed by atoms with Crippen LogP contribution in [0.5, 0.6) is 0 Å². The minimum Gasteiger partial charge on any atom is -0.368 e. The van der Waals surface area contributed by atoms with Crippen LogP contribution < -0.4 is 16.0 Å². The average Bonchev–Trinajstić information content (AvgIpc) is 3.30. The van der Waals surface area contributed by atoms with Crippen molar-refractivity contribution >= 4 is 29.2 Å². The Morgan fingerprint density at radius 2 is 2.09 bits per heavy atom. The molecule has 0 aliphatic carbocycles. The summed E-state index contributed by atoms with van der Waals surface area (Å²) in [6.45, 7) is 13.6. The van der Waals surface area contributed by atoms with Crippen molar-refractivity contribution in [3.8, 4) is 6.07 Å². The zero-order chi connectivity index (χ0) is 23.4. The lowest BCUT2D eigenvalue weighted by Gasteiger charge is -2.40. The van der Waals surface area contributed by atoms with Gasteiger partial charge in [-0.1, -0.05) is 49.0 Å². The Kier molecular flexibility index (Phi) is 6.88. The highest BCUT2D eigenvalue weighted by Gasteiger charge is 2.38. The SMILES string of the molecule is [C-]#[N+]c1c(N2CCC3(CCNC3)CC2)nc(SC(C(N)=O)c2ccccc2)c(C#N)c1CC. The van der Waals surface area contributed by atoms with Crippen LogP contribution in [0, 0.1) is 23.3 Å². The van der Waals surface area contributed by atoms with Crippen LogP contribution in [0.4, 0.5) is 11.5 Å². The van der Waals surface area contributed by atoms with Crippen LogP contribution in [-0.2, 0) is 11.2 Å². The van der Waals surface area contributed by atoms with Gasteiger partial charge >= 0.3 is 0 Å². The van der Waals surface area contributed by atoms with Crippen molar-refractivity contribution in [2.75, 3.05) is 31.1 Å². The van der Waals surface area contributed by atoms with Crippen molar-refractivity contribution in [3.63, 3.8) is 0 Å². The molecule has 2 fully saturated rings. The normalized spacial score (nSPS) is 18.0. The fraction of sp³-hybridized carbons (Fsp3) is 0.440. The average molecular weight is 461 g/mol. The fourth-order valence-corrected chi connectivity index (χ4v) is 5.97. The molecule has 0 bridgehead atoms. The van der Waals surface area contributed by atoms with E-state index in [1.165, 1.54) is 18.2 Å². The molecule has 1 aromatic heterocycles. The van der Waals surface area contributed by atoms with E-state index in [0.717, 1.165) is 44.6 Å². The summed E-state index contributed by atoms with van der Waals surface area (Å²) in [5.41, 5.74) is 8.37. The number of nitrogens with two attached hydrogens (primary N) is 1. The lowest BCUT2D eigenvalue weighted by Crippen LogP contribution is -2.41. The van der Waals surface area contributed by atoms with Gasteiger partial charge in [-0.2, -0.15) is 5.26 Å². The van der Waals surface area contributed by atoms with E-state index in [1.807, 2.05) is 37.3 Å². The maximum absolute atomic E-state index is 12.3. The molecule has 1 aromatic carbocycles. The molecule has 1 spiro atoms. The molecule has 7 nitrogen and oxygen atoms in total. The highest BCUT2D eigenvalue weighted by atomic mass is 32.2. The minimum atomic E-state index is -0.670. The molecule has 2 saturated heterocycles. The second-order valence-corrected chi connectivity index (χ2v) is 9.84. The van der Waals surface area contributed by atoms with E-state index >= 15 is 0 Å². The number of thioether (sulfide) groups is 1. The molecule has 3 N–H and O–H groups in total. The first-order valence-electron chi connectivity index (χ1n) is 11.3. The molecular weight excluding hydrogens is 432 g/mol. The third kappa shape index (κ3) is 4.55. The van der Waals surface area contributed by atoms with Crippen LogP contribution in [0.1, 0.15) is 48.1 Å². The van der Waals surface area contributed by atoms with Gasteiger partial charge in [0.15, 0.2) is 0 Å². The molecule has 3 heterocycles. The molecular formula is C25H28N6OS. The van der Waals surface area contributed by atoms with E-state index in [-0.39, 0.29) is 0 Å². The van der Waals surface area contributed by atoms with Crippen LogP contribution in [0.15, 0.2) is 35.4 Å². The molecule has 2 aliphatic rings. The van der Waals surface area contributed by atoms with Crippen molar-refractivity contribution in [2.45, 2.75) is 42.9 Å². The number of anilines is 1. The Hall–Kier alpha value is -3.07. The molecule has 1 amide bonds. The number of carbonyl (C=O) groups excluding carboxylic acids is 1. The second-order valence-electron chi connectivity index (χ2n) is 8.74. The summed E-state index contributed by atoms with van der Waals surface area (Å²) in [6, 6.07) is 11.5. The number of pyridine rings is 1. The molecule has 4 rings (SSSR count).